The average Bonchev–Trinajstić information content (AvgIpc) is 2.90. The van der Waals surface area contributed by atoms with E-state index in [-0.39, 0.29) is 17.5 Å². The highest BCUT2D eigenvalue weighted by atomic mass is 16.2. The van der Waals surface area contributed by atoms with Crippen molar-refractivity contribution in [3.05, 3.63) is 28.2 Å². The van der Waals surface area contributed by atoms with Gasteiger partial charge in [-0.15, -0.1) is 0 Å². The van der Waals surface area contributed by atoms with Gasteiger partial charge in [-0.2, -0.15) is 5.10 Å². The third kappa shape index (κ3) is 3.66. The van der Waals surface area contributed by atoms with Crippen molar-refractivity contribution in [2.45, 2.75) is 58.0 Å². The van der Waals surface area contributed by atoms with E-state index in [0.29, 0.717) is 12.2 Å². The third-order valence-electron chi connectivity index (χ3n) is 3.51. The summed E-state index contributed by atoms with van der Waals surface area (Å²) in [5, 5.41) is 7.13. The van der Waals surface area contributed by atoms with Crippen molar-refractivity contribution in [3.63, 3.8) is 0 Å². The van der Waals surface area contributed by atoms with Gasteiger partial charge in [0.05, 0.1) is 0 Å². The van der Waals surface area contributed by atoms with Gasteiger partial charge in [-0.1, -0.05) is 26.2 Å². The van der Waals surface area contributed by atoms with Crippen molar-refractivity contribution in [1.29, 1.82) is 0 Å². The molecular weight excluding hydrogens is 242 g/mol. The van der Waals surface area contributed by atoms with Crippen molar-refractivity contribution < 1.29 is 4.79 Å². The molecule has 2 rings (SSSR count). The van der Waals surface area contributed by atoms with Crippen molar-refractivity contribution >= 4 is 5.91 Å². The summed E-state index contributed by atoms with van der Waals surface area (Å²) in [6, 6.07) is 3.20. The van der Waals surface area contributed by atoms with Crippen molar-refractivity contribution in [2.24, 2.45) is 0 Å². The molecule has 1 amide bonds. The van der Waals surface area contributed by atoms with E-state index >= 15 is 0 Å². The highest BCUT2D eigenvalue weighted by molar-refractivity contribution is 5.92. The molecule has 1 N–H and O–H groups in total. The maximum absolute atomic E-state index is 12.0. The van der Waals surface area contributed by atoms with Crippen LogP contribution < -0.4 is 10.9 Å². The van der Waals surface area contributed by atoms with Crippen LogP contribution in [-0.2, 0) is 6.54 Å². The van der Waals surface area contributed by atoms with Gasteiger partial charge >= 0.3 is 0 Å². The van der Waals surface area contributed by atoms with Crippen LogP contribution in [-0.4, -0.2) is 21.7 Å². The van der Waals surface area contributed by atoms with Crippen molar-refractivity contribution in [1.82, 2.24) is 15.1 Å². The summed E-state index contributed by atoms with van der Waals surface area (Å²) in [5.74, 6) is -0.169. The molecule has 0 aromatic carbocycles. The number of aromatic nitrogens is 2. The first kappa shape index (κ1) is 13.8. The fraction of sp³-hybridized carbons (Fsp3) is 0.643. The molecule has 1 aliphatic rings. The van der Waals surface area contributed by atoms with E-state index < -0.39 is 0 Å². The van der Waals surface area contributed by atoms with Crippen LogP contribution in [0.3, 0.4) is 0 Å². The minimum absolute atomic E-state index is 0.147. The van der Waals surface area contributed by atoms with E-state index in [1.165, 1.54) is 29.7 Å². The molecule has 0 aliphatic heterocycles. The Balaban J connectivity index is 2.06. The number of hydrogen-bond acceptors (Lipinski definition) is 3. The summed E-state index contributed by atoms with van der Waals surface area (Å²) in [6.45, 7) is 2.63. The number of carbonyl (C=O) groups is 1. The fourth-order valence-corrected chi connectivity index (χ4v) is 2.37. The molecule has 5 nitrogen and oxygen atoms in total. The zero-order valence-corrected chi connectivity index (χ0v) is 11.4. The quantitative estimate of drug-likeness (QED) is 0.879. The Morgan fingerprint density at radius 1 is 1.42 bits per heavy atom. The van der Waals surface area contributed by atoms with E-state index in [1.54, 1.807) is 0 Å². The van der Waals surface area contributed by atoms with Gasteiger partial charge in [-0.05, 0) is 25.3 Å². The number of rotatable bonds is 5. The summed E-state index contributed by atoms with van der Waals surface area (Å²) < 4.78 is 1.38. The molecule has 0 unspecified atom stereocenters. The Morgan fingerprint density at radius 3 is 2.84 bits per heavy atom. The van der Waals surface area contributed by atoms with E-state index in [4.69, 9.17) is 0 Å². The fourth-order valence-electron chi connectivity index (χ4n) is 2.37. The standard InChI is InChI=1S/C14H21N3O2/c1-2-3-10-17-13(18)9-8-12(16-17)14(19)15-11-6-4-5-7-11/h8-9,11H,2-7,10H2,1H3,(H,15,19). The summed E-state index contributed by atoms with van der Waals surface area (Å²) in [7, 11) is 0. The number of amides is 1. The Morgan fingerprint density at radius 2 is 2.16 bits per heavy atom. The first-order valence-electron chi connectivity index (χ1n) is 7.09. The second kappa shape index (κ2) is 6.50. The van der Waals surface area contributed by atoms with Crippen LogP contribution in [0.25, 0.3) is 0 Å². The Labute approximate surface area is 113 Å². The average molecular weight is 263 g/mol. The lowest BCUT2D eigenvalue weighted by molar-refractivity contribution is 0.0930. The lowest BCUT2D eigenvalue weighted by Crippen LogP contribution is -2.35. The SMILES string of the molecule is CCCCn1nc(C(=O)NC2CCCC2)ccc1=O. The minimum Gasteiger partial charge on any atom is -0.348 e. The van der Waals surface area contributed by atoms with Crippen LogP contribution in [0.2, 0.25) is 0 Å². The van der Waals surface area contributed by atoms with Gasteiger partial charge in [0.25, 0.3) is 11.5 Å². The second-order valence-electron chi connectivity index (χ2n) is 5.09. The number of nitrogens with zero attached hydrogens (tertiary/aromatic N) is 2. The molecule has 1 aliphatic carbocycles. The monoisotopic (exact) mass is 263 g/mol. The van der Waals surface area contributed by atoms with Gasteiger partial charge in [-0.25, -0.2) is 4.68 Å². The molecule has 1 fully saturated rings. The molecule has 0 bridgehead atoms. The van der Waals surface area contributed by atoms with Gasteiger partial charge in [0, 0.05) is 18.7 Å². The van der Waals surface area contributed by atoms with Gasteiger partial charge in [0.15, 0.2) is 0 Å². The summed E-state index contributed by atoms with van der Waals surface area (Å²) >= 11 is 0. The third-order valence-corrected chi connectivity index (χ3v) is 3.51. The van der Waals surface area contributed by atoms with E-state index in [2.05, 4.69) is 17.3 Å². The van der Waals surface area contributed by atoms with Crippen LogP contribution >= 0.6 is 0 Å². The van der Waals surface area contributed by atoms with Gasteiger partial charge in [0.2, 0.25) is 0 Å². The molecule has 0 spiro atoms. The van der Waals surface area contributed by atoms with Crippen LogP contribution in [0.5, 0.6) is 0 Å². The van der Waals surface area contributed by atoms with Crippen molar-refractivity contribution in [3.8, 4) is 0 Å². The first-order chi connectivity index (χ1) is 9.20. The number of nitrogens with one attached hydrogen (secondary N) is 1. The highest BCUT2D eigenvalue weighted by Crippen LogP contribution is 2.17. The van der Waals surface area contributed by atoms with Crippen LogP contribution in [0.15, 0.2) is 16.9 Å². The highest BCUT2D eigenvalue weighted by Gasteiger charge is 2.19. The molecule has 104 valence electrons. The van der Waals surface area contributed by atoms with E-state index in [0.717, 1.165) is 25.7 Å². The topological polar surface area (TPSA) is 64.0 Å². The van der Waals surface area contributed by atoms with Gasteiger partial charge in [-0.3, -0.25) is 9.59 Å². The molecular formula is C14H21N3O2. The maximum Gasteiger partial charge on any atom is 0.271 e. The summed E-state index contributed by atoms with van der Waals surface area (Å²) in [4.78, 5) is 23.7. The Bertz CT molecular complexity index is 490. The Kier molecular flexibility index (Phi) is 4.71. The normalized spacial score (nSPS) is 15.6. The van der Waals surface area contributed by atoms with Crippen molar-refractivity contribution in [2.75, 3.05) is 0 Å². The van der Waals surface area contributed by atoms with E-state index in [9.17, 15) is 9.59 Å². The maximum atomic E-state index is 12.0. The van der Waals surface area contributed by atoms with E-state index in [1.807, 2.05) is 0 Å². The predicted octanol–water partition coefficient (Wildman–Crippen LogP) is 1.72. The second-order valence-corrected chi connectivity index (χ2v) is 5.09. The number of carbonyl (C=O) groups excluding carboxylic acids is 1. The number of aryl methyl sites for hydroxylation is 1. The Hall–Kier alpha value is -1.65. The molecule has 0 radical (unpaired) electrons. The zero-order chi connectivity index (χ0) is 13.7. The largest absolute Gasteiger partial charge is 0.348 e. The summed E-state index contributed by atoms with van der Waals surface area (Å²) in [5.41, 5.74) is 0.188. The predicted molar refractivity (Wildman–Crippen MR) is 73.1 cm³/mol. The molecule has 19 heavy (non-hydrogen) atoms. The smallest absolute Gasteiger partial charge is 0.271 e. The zero-order valence-electron chi connectivity index (χ0n) is 11.4. The molecule has 5 heteroatoms. The van der Waals surface area contributed by atoms with Gasteiger partial charge < -0.3 is 5.32 Å². The van der Waals surface area contributed by atoms with Crippen LogP contribution in [0.1, 0.15) is 55.9 Å². The van der Waals surface area contributed by atoms with Crippen LogP contribution in [0.4, 0.5) is 0 Å². The van der Waals surface area contributed by atoms with Gasteiger partial charge in [0.1, 0.15) is 5.69 Å². The summed E-state index contributed by atoms with van der Waals surface area (Å²) in [6.07, 6.45) is 6.32. The minimum atomic E-state index is -0.169. The lowest BCUT2D eigenvalue weighted by atomic mass is 10.2. The number of hydrogen-bond donors (Lipinski definition) is 1. The first-order valence-corrected chi connectivity index (χ1v) is 7.09. The van der Waals surface area contributed by atoms with Crippen LogP contribution in [0, 0.1) is 0 Å². The number of unbranched alkanes of at least 4 members (excludes halogenated alkanes) is 1. The molecule has 1 aromatic rings. The molecule has 1 saturated carbocycles. The lowest BCUT2D eigenvalue weighted by Gasteiger charge is -2.12. The molecule has 0 atom stereocenters. The molecule has 1 heterocycles. The molecule has 0 saturated heterocycles. The molecule has 1 aromatic heterocycles.